The van der Waals surface area contributed by atoms with Gasteiger partial charge >= 0.3 is 0 Å². The maximum atomic E-state index is 12.0. The Morgan fingerprint density at radius 2 is 2.05 bits per heavy atom. The van der Waals surface area contributed by atoms with E-state index in [4.69, 9.17) is 0 Å². The molecule has 0 bridgehead atoms. The number of carbonyl (C=O) groups excluding carboxylic acids is 1. The molecule has 1 aromatic carbocycles. The van der Waals surface area contributed by atoms with E-state index in [9.17, 15) is 4.79 Å². The van der Waals surface area contributed by atoms with Crippen LogP contribution in [0, 0.1) is 0 Å². The summed E-state index contributed by atoms with van der Waals surface area (Å²) in [5, 5.41) is 2.93. The third kappa shape index (κ3) is 3.08. The fraction of sp³-hybridized carbons (Fsp3) is 0.188. The third-order valence-corrected chi connectivity index (χ3v) is 3.26. The van der Waals surface area contributed by atoms with Gasteiger partial charge in [0.1, 0.15) is 5.82 Å². The van der Waals surface area contributed by atoms with E-state index in [1.165, 1.54) is 0 Å². The fourth-order valence-corrected chi connectivity index (χ4v) is 2.21. The Labute approximate surface area is 122 Å². The highest BCUT2D eigenvalue weighted by atomic mass is 16.1. The number of amides is 1. The number of hydrogen-bond acceptors (Lipinski definition) is 3. The highest BCUT2D eigenvalue weighted by Crippen LogP contribution is 2.15. The van der Waals surface area contributed by atoms with Crippen LogP contribution in [0.1, 0.15) is 24.5 Å². The molecule has 2 heterocycles. The summed E-state index contributed by atoms with van der Waals surface area (Å²) >= 11 is 0. The number of pyridine rings is 1. The Balaban J connectivity index is 1.68. The predicted molar refractivity (Wildman–Crippen MR) is 80.6 cm³/mol. The molecule has 0 saturated carbocycles. The second kappa shape index (κ2) is 5.75. The molecule has 2 aromatic heterocycles. The number of hydrogen-bond donors (Lipinski definition) is 2. The van der Waals surface area contributed by atoms with Crippen molar-refractivity contribution in [2.75, 3.05) is 0 Å². The van der Waals surface area contributed by atoms with Gasteiger partial charge in [-0.15, -0.1) is 0 Å². The Morgan fingerprint density at radius 3 is 2.81 bits per heavy atom. The standard InChI is InChI=1S/C16H16N4O/c1-11(16-19-13-7-2-3-8-14(13)20-16)18-15(21)10-12-6-4-5-9-17-12/h2-9,11H,10H2,1H3,(H,18,21)(H,19,20). The fourth-order valence-electron chi connectivity index (χ4n) is 2.21. The number of benzene rings is 1. The largest absolute Gasteiger partial charge is 0.346 e. The van der Waals surface area contributed by atoms with Crippen LogP contribution in [0.3, 0.4) is 0 Å². The van der Waals surface area contributed by atoms with E-state index in [1.54, 1.807) is 6.20 Å². The van der Waals surface area contributed by atoms with Gasteiger partial charge in [0.05, 0.1) is 23.5 Å². The molecule has 3 aromatic rings. The molecule has 0 spiro atoms. The van der Waals surface area contributed by atoms with Gasteiger partial charge < -0.3 is 10.3 Å². The molecule has 0 aliphatic heterocycles. The lowest BCUT2D eigenvalue weighted by atomic mass is 10.2. The zero-order valence-corrected chi connectivity index (χ0v) is 11.7. The Hall–Kier alpha value is -2.69. The number of aromatic nitrogens is 3. The van der Waals surface area contributed by atoms with Crippen molar-refractivity contribution in [3.8, 4) is 0 Å². The molecule has 5 heteroatoms. The molecule has 0 aliphatic carbocycles. The summed E-state index contributed by atoms with van der Waals surface area (Å²) in [6, 6.07) is 13.2. The lowest BCUT2D eigenvalue weighted by molar-refractivity contribution is -0.121. The number of nitrogens with one attached hydrogen (secondary N) is 2. The van der Waals surface area contributed by atoms with Gasteiger partial charge in [-0.2, -0.15) is 0 Å². The highest BCUT2D eigenvalue weighted by molar-refractivity contribution is 5.79. The van der Waals surface area contributed by atoms with E-state index >= 15 is 0 Å². The van der Waals surface area contributed by atoms with Crippen LogP contribution in [0.25, 0.3) is 11.0 Å². The van der Waals surface area contributed by atoms with Gasteiger partial charge in [0, 0.05) is 11.9 Å². The van der Waals surface area contributed by atoms with Gasteiger partial charge in [0.15, 0.2) is 0 Å². The van der Waals surface area contributed by atoms with Crippen molar-refractivity contribution in [3.63, 3.8) is 0 Å². The van der Waals surface area contributed by atoms with E-state index in [2.05, 4.69) is 20.3 Å². The lowest BCUT2D eigenvalue weighted by Gasteiger charge is -2.11. The number of rotatable bonds is 4. The van der Waals surface area contributed by atoms with Crippen molar-refractivity contribution in [3.05, 3.63) is 60.2 Å². The Morgan fingerprint density at radius 1 is 1.24 bits per heavy atom. The number of nitrogens with zero attached hydrogens (tertiary/aromatic N) is 2. The molecule has 0 fully saturated rings. The summed E-state index contributed by atoms with van der Waals surface area (Å²) in [7, 11) is 0. The van der Waals surface area contributed by atoms with Crippen LogP contribution < -0.4 is 5.32 Å². The van der Waals surface area contributed by atoms with Gasteiger partial charge in [-0.25, -0.2) is 4.98 Å². The zero-order chi connectivity index (χ0) is 14.7. The van der Waals surface area contributed by atoms with Crippen molar-refractivity contribution < 1.29 is 4.79 Å². The van der Waals surface area contributed by atoms with Crippen LogP contribution >= 0.6 is 0 Å². The highest BCUT2D eigenvalue weighted by Gasteiger charge is 2.14. The first-order chi connectivity index (χ1) is 10.2. The molecule has 0 radical (unpaired) electrons. The normalized spacial score (nSPS) is 12.2. The number of carbonyl (C=O) groups is 1. The minimum atomic E-state index is -0.173. The quantitative estimate of drug-likeness (QED) is 0.770. The summed E-state index contributed by atoms with van der Waals surface area (Å²) in [5.41, 5.74) is 2.63. The van der Waals surface area contributed by atoms with Gasteiger partial charge in [0.25, 0.3) is 0 Å². The smallest absolute Gasteiger partial charge is 0.226 e. The maximum absolute atomic E-state index is 12.0. The van der Waals surface area contributed by atoms with Crippen molar-refractivity contribution in [1.82, 2.24) is 20.3 Å². The van der Waals surface area contributed by atoms with E-state index in [1.807, 2.05) is 49.4 Å². The second-order valence-electron chi connectivity index (χ2n) is 4.93. The molecule has 21 heavy (non-hydrogen) atoms. The molecule has 2 N–H and O–H groups in total. The van der Waals surface area contributed by atoms with E-state index in [-0.39, 0.29) is 18.4 Å². The van der Waals surface area contributed by atoms with Crippen molar-refractivity contribution >= 4 is 16.9 Å². The van der Waals surface area contributed by atoms with Crippen molar-refractivity contribution in [2.24, 2.45) is 0 Å². The minimum Gasteiger partial charge on any atom is -0.346 e. The van der Waals surface area contributed by atoms with Crippen LogP contribution in [-0.4, -0.2) is 20.9 Å². The first-order valence-electron chi connectivity index (χ1n) is 6.86. The molecule has 106 valence electrons. The predicted octanol–water partition coefficient (Wildman–Crippen LogP) is 2.38. The molecular formula is C16H16N4O. The van der Waals surface area contributed by atoms with Crippen LogP contribution in [0.5, 0.6) is 0 Å². The first kappa shape index (κ1) is 13.3. The van der Waals surface area contributed by atoms with E-state index in [0.717, 1.165) is 22.6 Å². The van der Waals surface area contributed by atoms with Crippen molar-refractivity contribution in [1.29, 1.82) is 0 Å². The third-order valence-electron chi connectivity index (χ3n) is 3.26. The molecule has 3 rings (SSSR count). The molecular weight excluding hydrogens is 264 g/mol. The van der Waals surface area contributed by atoms with Crippen LogP contribution in [0.2, 0.25) is 0 Å². The number of H-pyrrole nitrogens is 1. The number of imidazole rings is 1. The Kier molecular flexibility index (Phi) is 3.64. The average molecular weight is 280 g/mol. The van der Waals surface area contributed by atoms with E-state index in [0.29, 0.717) is 0 Å². The molecule has 1 unspecified atom stereocenters. The average Bonchev–Trinajstić information content (AvgIpc) is 2.92. The molecule has 1 amide bonds. The molecule has 0 saturated heterocycles. The first-order valence-corrected chi connectivity index (χ1v) is 6.86. The van der Waals surface area contributed by atoms with E-state index < -0.39 is 0 Å². The monoisotopic (exact) mass is 280 g/mol. The summed E-state index contributed by atoms with van der Waals surface area (Å²) in [6.45, 7) is 1.91. The molecule has 5 nitrogen and oxygen atoms in total. The SMILES string of the molecule is CC(NC(=O)Cc1ccccn1)c1nc2ccccc2[nH]1. The van der Waals surface area contributed by atoms with Gasteiger partial charge in [-0.3, -0.25) is 9.78 Å². The molecule has 0 aliphatic rings. The second-order valence-corrected chi connectivity index (χ2v) is 4.93. The minimum absolute atomic E-state index is 0.0679. The number of fused-ring (bicyclic) bond motifs is 1. The number of para-hydroxylation sites is 2. The van der Waals surface area contributed by atoms with Crippen LogP contribution in [0.15, 0.2) is 48.7 Å². The van der Waals surface area contributed by atoms with Gasteiger partial charge in [-0.1, -0.05) is 18.2 Å². The van der Waals surface area contributed by atoms with Crippen molar-refractivity contribution in [2.45, 2.75) is 19.4 Å². The number of aromatic amines is 1. The summed E-state index contributed by atoms with van der Waals surface area (Å²) in [5.74, 6) is 0.687. The summed E-state index contributed by atoms with van der Waals surface area (Å²) in [6.07, 6.45) is 1.96. The van der Waals surface area contributed by atoms with Crippen LogP contribution in [-0.2, 0) is 11.2 Å². The zero-order valence-electron chi connectivity index (χ0n) is 11.7. The van der Waals surface area contributed by atoms with Crippen LogP contribution in [0.4, 0.5) is 0 Å². The lowest BCUT2D eigenvalue weighted by Crippen LogP contribution is -2.29. The molecule has 1 atom stereocenters. The van der Waals surface area contributed by atoms with Gasteiger partial charge in [-0.05, 0) is 31.2 Å². The topological polar surface area (TPSA) is 70.7 Å². The van der Waals surface area contributed by atoms with Gasteiger partial charge in [0.2, 0.25) is 5.91 Å². The summed E-state index contributed by atoms with van der Waals surface area (Å²) in [4.78, 5) is 23.9. The maximum Gasteiger partial charge on any atom is 0.226 e. The summed E-state index contributed by atoms with van der Waals surface area (Å²) < 4.78 is 0. The Bertz CT molecular complexity index is 718.